The van der Waals surface area contributed by atoms with Gasteiger partial charge in [0, 0.05) is 5.56 Å². The summed E-state index contributed by atoms with van der Waals surface area (Å²) in [6.45, 7) is 0. The van der Waals surface area contributed by atoms with E-state index in [0.717, 1.165) is 11.3 Å². The van der Waals surface area contributed by atoms with E-state index in [4.69, 9.17) is 9.15 Å². The van der Waals surface area contributed by atoms with E-state index in [1.54, 1.807) is 19.2 Å². The van der Waals surface area contributed by atoms with Gasteiger partial charge in [-0.2, -0.15) is 0 Å². The number of carbonyl (C=O) groups is 1. The summed E-state index contributed by atoms with van der Waals surface area (Å²) >= 11 is 0. The highest BCUT2D eigenvalue weighted by Gasteiger charge is 2.09. The Hall–Kier alpha value is -2.10. The molecule has 15 heavy (non-hydrogen) atoms. The van der Waals surface area contributed by atoms with Crippen molar-refractivity contribution >= 4 is 6.29 Å². The molecular weight excluding hydrogens is 194 g/mol. The van der Waals surface area contributed by atoms with E-state index in [2.05, 4.69) is 4.98 Å². The summed E-state index contributed by atoms with van der Waals surface area (Å²) < 4.78 is 9.94. The first-order valence-corrected chi connectivity index (χ1v) is 4.38. The van der Waals surface area contributed by atoms with Gasteiger partial charge in [0.1, 0.15) is 11.4 Å². The van der Waals surface area contributed by atoms with Crippen molar-refractivity contribution in [3.63, 3.8) is 0 Å². The highest BCUT2D eigenvalue weighted by atomic mass is 16.5. The summed E-state index contributed by atoms with van der Waals surface area (Å²) in [5.74, 6) is 0.995. The van der Waals surface area contributed by atoms with E-state index in [1.165, 1.54) is 6.39 Å². The summed E-state index contributed by atoms with van der Waals surface area (Å²) in [5.41, 5.74) is 1.37. The van der Waals surface area contributed by atoms with Crippen LogP contribution in [0.25, 0.3) is 11.3 Å². The molecular formula is C11H9NO3. The lowest BCUT2D eigenvalue weighted by molar-refractivity contribution is 0.110. The second kappa shape index (κ2) is 3.96. The fourth-order valence-corrected chi connectivity index (χ4v) is 1.30. The van der Waals surface area contributed by atoms with Crippen molar-refractivity contribution in [1.29, 1.82) is 0 Å². The summed E-state index contributed by atoms with van der Waals surface area (Å²) in [5, 5.41) is 0. The maximum absolute atomic E-state index is 10.6. The van der Waals surface area contributed by atoms with Crippen molar-refractivity contribution in [1.82, 2.24) is 4.98 Å². The fraction of sp³-hybridized carbons (Fsp3) is 0.0909. The number of benzene rings is 1. The van der Waals surface area contributed by atoms with Crippen LogP contribution in [0.15, 0.2) is 35.1 Å². The first-order chi connectivity index (χ1) is 7.35. The number of ether oxygens (including phenoxy) is 1. The van der Waals surface area contributed by atoms with Crippen LogP contribution in [0.1, 0.15) is 10.6 Å². The van der Waals surface area contributed by atoms with Crippen molar-refractivity contribution in [3.8, 4) is 17.0 Å². The Labute approximate surface area is 86.5 Å². The lowest BCUT2D eigenvalue weighted by Gasteiger charge is -2.00. The average molecular weight is 203 g/mol. The zero-order chi connectivity index (χ0) is 10.7. The van der Waals surface area contributed by atoms with Crippen LogP contribution in [0, 0.1) is 0 Å². The molecule has 0 amide bonds. The molecule has 1 aromatic heterocycles. The van der Waals surface area contributed by atoms with Crippen molar-refractivity contribution in [3.05, 3.63) is 36.4 Å². The third-order valence-electron chi connectivity index (χ3n) is 2.07. The molecule has 4 nitrogen and oxygen atoms in total. The molecule has 1 aromatic carbocycles. The van der Waals surface area contributed by atoms with Crippen LogP contribution in [-0.4, -0.2) is 18.4 Å². The normalized spacial score (nSPS) is 9.93. The highest BCUT2D eigenvalue weighted by molar-refractivity contribution is 5.82. The Morgan fingerprint density at radius 3 is 2.67 bits per heavy atom. The van der Waals surface area contributed by atoms with Gasteiger partial charge in [-0.15, -0.1) is 0 Å². The number of rotatable bonds is 3. The number of nitrogens with zero attached hydrogens (tertiary/aromatic N) is 1. The van der Waals surface area contributed by atoms with Crippen molar-refractivity contribution < 1.29 is 13.9 Å². The van der Waals surface area contributed by atoms with Crippen LogP contribution in [-0.2, 0) is 0 Å². The molecule has 0 saturated heterocycles. The van der Waals surface area contributed by atoms with E-state index in [9.17, 15) is 4.79 Å². The van der Waals surface area contributed by atoms with E-state index in [-0.39, 0.29) is 5.76 Å². The molecule has 0 spiro atoms. The monoisotopic (exact) mass is 203 g/mol. The summed E-state index contributed by atoms with van der Waals surface area (Å²) in [6.07, 6.45) is 1.90. The van der Waals surface area contributed by atoms with Gasteiger partial charge in [-0.05, 0) is 24.3 Å². The van der Waals surface area contributed by atoms with Crippen LogP contribution in [0.5, 0.6) is 5.75 Å². The number of hydrogen-bond donors (Lipinski definition) is 0. The average Bonchev–Trinajstić information content (AvgIpc) is 2.77. The highest BCUT2D eigenvalue weighted by Crippen LogP contribution is 2.23. The predicted octanol–water partition coefficient (Wildman–Crippen LogP) is 2.16. The lowest BCUT2D eigenvalue weighted by Crippen LogP contribution is -1.85. The Bertz CT molecular complexity index is 459. The predicted molar refractivity (Wildman–Crippen MR) is 53.9 cm³/mol. The van der Waals surface area contributed by atoms with Crippen molar-refractivity contribution in [2.24, 2.45) is 0 Å². The maximum atomic E-state index is 10.6. The molecule has 2 rings (SSSR count). The summed E-state index contributed by atoms with van der Waals surface area (Å²) in [7, 11) is 1.60. The molecule has 0 N–H and O–H groups in total. The van der Waals surface area contributed by atoms with E-state index >= 15 is 0 Å². The fourth-order valence-electron chi connectivity index (χ4n) is 1.30. The third kappa shape index (κ3) is 1.74. The van der Waals surface area contributed by atoms with Crippen molar-refractivity contribution in [2.75, 3.05) is 7.11 Å². The van der Waals surface area contributed by atoms with E-state index in [1.807, 2.05) is 12.1 Å². The zero-order valence-electron chi connectivity index (χ0n) is 8.14. The molecule has 0 unspecified atom stereocenters. The number of aldehydes is 1. The Balaban J connectivity index is 2.41. The molecule has 0 atom stereocenters. The zero-order valence-corrected chi connectivity index (χ0v) is 8.14. The molecule has 0 aliphatic heterocycles. The Kier molecular flexibility index (Phi) is 2.49. The third-order valence-corrected chi connectivity index (χ3v) is 2.07. The van der Waals surface area contributed by atoms with Gasteiger partial charge < -0.3 is 9.15 Å². The first-order valence-electron chi connectivity index (χ1n) is 4.38. The first kappa shape index (κ1) is 9.45. The second-order valence-electron chi connectivity index (χ2n) is 2.91. The minimum absolute atomic E-state index is 0.236. The van der Waals surface area contributed by atoms with Gasteiger partial charge in [0.15, 0.2) is 18.4 Å². The number of hydrogen-bond acceptors (Lipinski definition) is 4. The Morgan fingerprint density at radius 1 is 1.33 bits per heavy atom. The minimum Gasteiger partial charge on any atom is -0.497 e. The Morgan fingerprint density at radius 2 is 2.07 bits per heavy atom. The van der Waals surface area contributed by atoms with Crippen LogP contribution in [0.2, 0.25) is 0 Å². The molecule has 0 aliphatic rings. The topological polar surface area (TPSA) is 52.3 Å². The SMILES string of the molecule is COc1ccc(-c2ncoc2C=O)cc1. The number of carbonyl (C=O) groups excluding carboxylic acids is 1. The van der Waals surface area contributed by atoms with E-state index < -0.39 is 0 Å². The van der Waals surface area contributed by atoms with Gasteiger partial charge in [-0.1, -0.05) is 0 Å². The van der Waals surface area contributed by atoms with Crippen LogP contribution >= 0.6 is 0 Å². The number of methoxy groups -OCH3 is 1. The van der Waals surface area contributed by atoms with Crippen LogP contribution < -0.4 is 4.74 Å². The molecule has 0 bridgehead atoms. The lowest BCUT2D eigenvalue weighted by atomic mass is 10.1. The van der Waals surface area contributed by atoms with Gasteiger partial charge in [-0.3, -0.25) is 4.79 Å². The smallest absolute Gasteiger partial charge is 0.194 e. The van der Waals surface area contributed by atoms with Gasteiger partial charge in [0.2, 0.25) is 0 Å². The molecule has 0 fully saturated rings. The van der Waals surface area contributed by atoms with Gasteiger partial charge in [0.25, 0.3) is 0 Å². The maximum Gasteiger partial charge on any atom is 0.194 e. The second-order valence-corrected chi connectivity index (χ2v) is 2.91. The largest absolute Gasteiger partial charge is 0.497 e. The van der Waals surface area contributed by atoms with Crippen LogP contribution in [0.4, 0.5) is 0 Å². The standard InChI is InChI=1S/C11H9NO3/c1-14-9-4-2-8(3-5-9)11-10(6-13)15-7-12-11/h2-7H,1H3. The van der Waals surface area contributed by atoms with Crippen molar-refractivity contribution in [2.45, 2.75) is 0 Å². The summed E-state index contributed by atoms with van der Waals surface area (Å²) in [6, 6.07) is 7.25. The number of oxazole rings is 1. The molecule has 4 heteroatoms. The molecule has 0 saturated carbocycles. The van der Waals surface area contributed by atoms with Crippen LogP contribution in [0.3, 0.4) is 0 Å². The van der Waals surface area contributed by atoms with Gasteiger partial charge >= 0.3 is 0 Å². The molecule has 2 aromatic rings. The van der Waals surface area contributed by atoms with E-state index in [0.29, 0.717) is 12.0 Å². The summed E-state index contributed by atoms with van der Waals surface area (Å²) in [4.78, 5) is 14.6. The van der Waals surface area contributed by atoms with Gasteiger partial charge in [0.05, 0.1) is 7.11 Å². The minimum atomic E-state index is 0.236. The molecule has 76 valence electrons. The quantitative estimate of drug-likeness (QED) is 0.717. The number of aromatic nitrogens is 1. The van der Waals surface area contributed by atoms with Gasteiger partial charge in [-0.25, -0.2) is 4.98 Å². The molecule has 0 radical (unpaired) electrons. The molecule has 0 aliphatic carbocycles. The molecule has 1 heterocycles.